The number of aliphatic hydroxyl groups excluding tert-OH is 5. The van der Waals surface area contributed by atoms with Gasteiger partial charge in [0.2, 0.25) is 0 Å². The Labute approximate surface area is 311 Å². The number of hydrogen-bond donors (Lipinski definition) is 5. The highest BCUT2D eigenvalue weighted by atomic mass is 16.7. The van der Waals surface area contributed by atoms with E-state index in [1.165, 1.54) is 6.07 Å². The fraction of sp³-hybridized carbons (Fsp3) is 0.262. The topological polar surface area (TPSA) is 174 Å². The van der Waals surface area contributed by atoms with Crippen molar-refractivity contribution in [1.29, 1.82) is 0 Å². The summed E-state index contributed by atoms with van der Waals surface area (Å²) >= 11 is 0. The molecule has 0 amide bonds. The fourth-order valence-corrected chi connectivity index (χ4v) is 6.27. The van der Waals surface area contributed by atoms with Crippen LogP contribution in [0.5, 0.6) is 28.7 Å². The Morgan fingerprint density at radius 3 is 1.80 bits per heavy atom. The van der Waals surface area contributed by atoms with Crippen LogP contribution in [0.1, 0.15) is 33.9 Å². The minimum Gasteiger partial charge on any atom is -0.489 e. The fourth-order valence-electron chi connectivity index (χ4n) is 6.27. The summed E-state index contributed by atoms with van der Waals surface area (Å²) in [5, 5.41) is 51.9. The summed E-state index contributed by atoms with van der Waals surface area (Å²) in [5.74, 6) is 0.387. The molecule has 2 aliphatic rings. The van der Waals surface area contributed by atoms with Gasteiger partial charge < -0.3 is 54.0 Å². The summed E-state index contributed by atoms with van der Waals surface area (Å²) < 4.78 is 35.7. The molecule has 7 rings (SSSR count). The highest BCUT2D eigenvalue weighted by molar-refractivity contribution is 5.79. The van der Waals surface area contributed by atoms with Gasteiger partial charge >= 0.3 is 5.97 Å². The third-order valence-electron chi connectivity index (χ3n) is 9.21. The SMILES string of the molecule is O=C(Oc1ccc([C@H]2Oc3cc(OCc4ccccc4)cc(OCc4ccccc4)c3C[C@@H]2O)cc1OCc1ccccc1)[C@H]1O[C@@H](O)[C@H](O)[C@@H](O)[C@@H]1O. The van der Waals surface area contributed by atoms with E-state index in [-0.39, 0.29) is 24.5 Å². The molecule has 2 aliphatic heterocycles. The molecule has 0 bridgehead atoms. The molecule has 0 aliphatic carbocycles. The van der Waals surface area contributed by atoms with E-state index in [4.69, 9.17) is 28.4 Å². The van der Waals surface area contributed by atoms with Crippen LogP contribution in [0.4, 0.5) is 0 Å². The van der Waals surface area contributed by atoms with Crippen LogP contribution in [0.25, 0.3) is 0 Å². The van der Waals surface area contributed by atoms with Crippen LogP contribution < -0.4 is 23.7 Å². The summed E-state index contributed by atoms with van der Waals surface area (Å²) in [6.07, 6.45) is -11.0. The molecule has 280 valence electrons. The Morgan fingerprint density at radius 1 is 0.611 bits per heavy atom. The Kier molecular flexibility index (Phi) is 11.4. The zero-order valence-electron chi connectivity index (χ0n) is 29.0. The number of benzene rings is 5. The van der Waals surface area contributed by atoms with Crippen molar-refractivity contribution in [3.63, 3.8) is 0 Å². The standard InChI is InChI=1S/C42H40O12/c43-31-21-30-33(50-23-26-12-6-2-7-13-26)19-29(49-22-25-10-4-1-5-11-25)20-34(30)52-39(31)28-16-17-32(35(18-28)51-24-27-14-8-3-9-15-27)53-42(48)40-37(45)36(44)38(46)41(47)54-40/h1-20,31,36-41,43-47H,21-24H2/t31-,36-,37-,38+,39+,40-,41+/m0/s1. The molecule has 12 heteroatoms. The van der Waals surface area contributed by atoms with Gasteiger partial charge in [0.25, 0.3) is 0 Å². The molecule has 12 nitrogen and oxygen atoms in total. The van der Waals surface area contributed by atoms with Crippen molar-refractivity contribution in [3.05, 3.63) is 149 Å². The molecule has 7 atom stereocenters. The highest BCUT2D eigenvalue weighted by Gasteiger charge is 2.47. The number of ether oxygens (including phenoxy) is 6. The first-order chi connectivity index (χ1) is 26.2. The molecule has 5 aromatic carbocycles. The van der Waals surface area contributed by atoms with Gasteiger partial charge in [-0.1, -0.05) is 97.1 Å². The number of hydrogen-bond acceptors (Lipinski definition) is 12. The van der Waals surface area contributed by atoms with Crippen molar-refractivity contribution in [3.8, 4) is 28.7 Å². The van der Waals surface area contributed by atoms with Crippen molar-refractivity contribution in [1.82, 2.24) is 0 Å². The molecule has 0 unspecified atom stereocenters. The summed E-state index contributed by atoms with van der Waals surface area (Å²) in [6, 6.07) is 36.9. The van der Waals surface area contributed by atoms with Crippen molar-refractivity contribution < 1.29 is 58.7 Å². The quantitative estimate of drug-likeness (QED) is 0.0916. The van der Waals surface area contributed by atoms with Crippen molar-refractivity contribution in [2.75, 3.05) is 0 Å². The molecular weight excluding hydrogens is 696 g/mol. The van der Waals surface area contributed by atoms with E-state index < -0.39 is 48.9 Å². The molecule has 54 heavy (non-hydrogen) atoms. The molecule has 2 heterocycles. The maximum absolute atomic E-state index is 13.2. The van der Waals surface area contributed by atoms with Crippen LogP contribution in [-0.2, 0) is 35.8 Å². The minimum atomic E-state index is -1.93. The lowest BCUT2D eigenvalue weighted by Crippen LogP contribution is -2.60. The zero-order chi connectivity index (χ0) is 37.6. The Morgan fingerprint density at radius 2 is 1.19 bits per heavy atom. The first kappa shape index (κ1) is 36.9. The van der Waals surface area contributed by atoms with Gasteiger partial charge in [-0.05, 0) is 34.4 Å². The Hall–Kier alpha value is -5.47. The van der Waals surface area contributed by atoms with Gasteiger partial charge in [0, 0.05) is 24.1 Å². The number of esters is 1. The lowest BCUT2D eigenvalue weighted by molar-refractivity contribution is -0.279. The largest absolute Gasteiger partial charge is 0.489 e. The second-order valence-corrected chi connectivity index (χ2v) is 13.1. The first-order valence-corrected chi connectivity index (χ1v) is 17.5. The number of aliphatic hydroxyl groups is 5. The molecule has 5 aromatic rings. The Balaban J connectivity index is 1.17. The average molecular weight is 737 g/mol. The van der Waals surface area contributed by atoms with Gasteiger partial charge in [0.1, 0.15) is 61.5 Å². The lowest BCUT2D eigenvalue weighted by Gasteiger charge is -2.36. The summed E-state index contributed by atoms with van der Waals surface area (Å²) in [5.41, 5.74) is 3.94. The van der Waals surface area contributed by atoms with E-state index in [1.54, 1.807) is 24.3 Å². The Bertz CT molecular complexity index is 2010. The van der Waals surface area contributed by atoms with Gasteiger partial charge in [0.15, 0.2) is 23.9 Å². The molecule has 0 spiro atoms. The van der Waals surface area contributed by atoms with E-state index >= 15 is 0 Å². The van der Waals surface area contributed by atoms with Gasteiger partial charge in [-0.25, -0.2) is 4.79 Å². The summed E-state index contributed by atoms with van der Waals surface area (Å²) in [6.45, 7) is 0.689. The average Bonchev–Trinajstić information content (AvgIpc) is 3.20. The van der Waals surface area contributed by atoms with E-state index in [9.17, 15) is 30.3 Å². The van der Waals surface area contributed by atoms with Crippen LogP contribution in [0.3, 0.4) is 0 Å². The monoisotopic (exact) mass is 736 g/mol. The number of carbonyl (C=O) groups excluding carboxylic acids is 1. The van der Waals surface area contributed by atoms with Crippen LogP contribution in [0.15, 0.2) is 121 Å². The normalized spacial score (nSPS) is 23.4. The van der Waals surface area contributed by atoms with Crippen molar-refractivity contribution in [2.24, 2.45) is 0 Å². The van der Waals surface area contributed by atoms with Gasteiger partial charge in [0.05, 0.1) is 6.10 Å². The molecular formula is C42H40O12. The second kappa shape index (κ2) is 16.7. The van der Waals surface area contributed by atoms with Gasteiger partial charge in [-0.3, -0.25) is 0 Å². The predicted octanol–water partition coefficient (Wildman–Crippen LogP) is 4.17. The van der Waals surface area contributed by atoms with Crippen LogP contribution in [0, 0.1) is 0 Å². The minimum absolute atomic E-state index is 0.0653. The van der Waals surface area contributed by atoms with E-state index in [0.717, 1.165) is 16.7 Å². The third kappa shape index (κ3) is 8.50. The van der Waals surface area contributed by atoms with E-state index in [1.807, 2.05) is 91.0 Å². The summed E-state index contributed by atoms with van der Waals surface area (Å²) in [7, 11) is 0. The summed E-state index contributed by atoms with van der Waals surface area (Å²) in [4.78, 5) is 13.2. The number of rotatable bonds is 12. The lowest BCUT2D eigenvalue weighted by atomic mass is 9.93. The van der Waals surface area contributed by atoms with Crippen LogP contribution in [0.2, 0.25) is 0 Å². The van der Waals surface area contributed by atoms with E-state index in [2.05, 4.69) is 0 Å². The van der Waals surface area contributed by atoms with Crippen LogP contribution in [-0.4, -0.2) is 68.3 Å². The van der Waals surface area contributed by atoms with Gasteiger partial charge in [-0.15, -0.1) is 0 Å². The molecule has 5 N–H and O–H groups in total. The molecule has 0 saturated carbocycles. The smallest absolute Gasteiger partial charge is 0.343 e. The molecule has 1 saturated heterocycles. The molecule has 0 radical (unpaired) electrons. The highest BCUT2D eigenvalue weighted by Crippen LogP contribution is 2.44. The predicted molar refractivity (Wildman–Crippen MR) is 193 cm³/mol. The van der Waals surface area contributed by atoms with Crippen LogP contribution >= 0.6 is 0 Å². The number of fused-ring (bicyclic) bond motifs is 1. The first-order valence-electron chi connectivity index (χ1n) is 17.5. The van der Waals surface area contributed by atoms with Crippen molar-refractivity contribution >= 4 is 5.97 Å². The number of carbonyl (C=O) groups is 1. The maximum atomic E-state index is 13.2. The van der Waals surface area contributed by atoms with Crippen molar-refractivity contribution in [2.45, 2.75) is 69.2 Å². The molecule has 1 fully saturated rings. The second-order valence-electron chi connectivity index (χ2n) is 13.1. The third-order valence-corrected chi connectivity index (χ3v) is 9.21. The zero-order valence-corrected chi connectivity index (χ0v) is 29.0. The van der Waals surface area contributed by atoms with Gasteiger partial charge in [-0.2, -0.15) is 0 Å². The molecule has 0 aromatic heterocycles. The van der Waals surface area contributed by atoms with E-state index in [0.29, 0.717) is 41.6 Å². The maximum Gasteiger partial charge on any atom is 0.343 e.